The minimum atomic E-state index is -1.24. The van der Waals surface area contributed by atoms with Gasteiger partial charge in [-0.1, -0.05) is 26.8 Å². The molecule has 9 nitrogen and oxygen atoms in total. The number of hydrogen-bond donors (Lipinski definition) is 1. The molecule has 9 heteroatoms. The zero-order chi connectivity index (χ0) is 22.1. The van der Waals surface area contributed by atoms with Gasteiger partial charge in [0.1, 0.15) is 11.6 Å². The summed E-state index contributed by atoms with van der Waals surface area (Å²) in [5, 5.41) is 25.6. The number of amides is 1. The highest BCUT2D eigenvalue weighted by atomic mass is 16.6. The molecule has 1 amide bonds. The number of methoxy groups -OCH3 is 1. The first-order valence-corrected chi connectivity index (χ1v) is 9.14. The van der Waals surface area contributed by atoms with E-state index in [-0.39, 0.29) is 22.6 Å². The van der Waals surface area contributed by atoms with Gasteiger partial charge in [-0.05, 0) is 24.3 Å². The Morgan fingerprint density at radius 2 is 1.83 bits per heavy atom. The molecule has 1 heterocycles. The topological polar surface area (TPSA) is 111 Å². The van der Waals surface area contributed by atoms with E-state index in [2.05, 4.69) is 5.10 Å². The highest BCUT2D eigenvalue weighted by molar-refractivity contribution is 5.94. The zero-order valence-corrected chi connectivity index (χ0v) is 17.1. The number of benzene rings is 2. The maximum absolute atomic E-state index is 12.2. The summed E-state index contributed by atoms with van der Waals surface area (Å²) < 4.78 is 6.81. The molecule has 0 saturated carbocycles. The SMILES string of the molecule is COc1cccc(-n2nc(C(C)(C)C)cc2N(C(=O)O)c2ccc([N+](=O)[O-])cc2)c1. The van der Waals surface area contributed by atoms with Crippen LogP contribution in [0, 0.1) is 10.1 Å². The summed E-state index contributed by atoms with van der Waals surface area (Å²) in [6.45, 7) is 5.93. The van der Waals surface area contributed by atoms with E-state index in [1.807, 2.05) is 20.8 Å². The fourth-order valence-electron chi connectivity index (χ4n) is 2.89. The Balaban J connectivity index is 2.20. The van der Waals surface area contributed by atoms with Gasteiger partial charge in [-0.15, -0.1) is 0 Å². The maximum atomic E-state index is 12.2. The van der Waals surface area contributed by atoms with Crippen LogP contribution in [-0.4, -0.2) is 33.0 Å². The van der Waals surface area contributed by atoms with Gasteiger partial charge in [-0.25, -0.2) is 14.4 Å². The van der Waals surface area contributed by atoms with Crippen molar-refractivity contribution in [1.82, 2.24) is 9.78 Å². The van der Waals surface area contributed by atoms with Crippen molar-refractivity contribution in [2.45, 2.75) is 26.2 Å². The number of ether oxygens (including phenoxy) is 1. The van der Waals surface area contributed by atoms with Crippen molar-refractivity contribution >= 4 is 23.3 Å². The molecule has 1 N–H and O–H groups in total. The monoisotopic (exact) mass is 410 g/mol. The highest BCUT2D eigenvalue weighted by Gasteiger charge is 2.27. The van der Waals surface area contributed by atoms with Gasteiger partial charge in [0, 0.05) is 29.7 Å². The lowest BCUT2D eigenvalue weighted by Crippen LogP contribution is -2.26. The lowest BCUT2D eigenvalue weighted by molar-refractivity contribution is -0.384. The van der Waals surface area contributed by atoms with E-state index < -0.39 is 11.0 Å². The average Bonchev–Trinajstić information content (AvgIpc) is 3.13. The van der Waals surface area contributed by atoms with Crippen LogP contribution in [0.1, 0.15) is 26.5 Å². The number of aromatic nitrogens is 2. The molecule has 3 rings (SSSR count). The Bertz CT molecular complexity index is 1080. The molecule has 0 aliphatic carbocycles. The molecule has 0 aliphatic rings. The van der Waals surface area contributed by atoms with Crippen LogP contribution >= 0.6 is 0 Å². The molecule has 0 bridgehead atoms. The van der Waals surface area contributed by atoms with Gasteiger partial charge in [0.05, 0.1) is 29.1 Å². The van der Waals surface area contributed by atoms with Crippen LogP contribution in [0.4, 0.5) is 22.0 Å². The predicted octanol–water partition coefficient (Wildman–Crippen LogP) is 4.90. The molecular formula is C21H22N4O5. The lowest BCUT2D eigenvalue weighted by atomic mass is 9.92. The van der Waals surface area contributed by atoms with E-state index >= 15 is 0 Å². The third kappa shape index (κ3) is 4.09. The Morgan fingerprint density at radius 3 is 2.37 bits per heavy atom. The third-order valence-electron chi connectivity index (χ3n) is 4.50. The molecule has 0 unspecified atom stereocenters. The van der Waals surface area contributed by atoms with Crippen LogP contribution in [0.25, 0.3) is 5.69 Å². The summed E-state index contributed by atoms with van der Waals surface area (Å²) in [6.07, 6.45) is -1.24. The quantitative estimate of drug-likeness (QED) is 0.473. The number of carbonyl (C=O) groups is 1. The summed E-state index contributed by atoms with van der Waals surface area (Å²) in [4.78, 5) is 23.7. The van der Waals surface area contributed by atoms with Gasteiger partial charge in [0.25, 0.3) is 5.69 Å². The molecule has 0 spiro atoms. The van der Waals surface area contributed by atoms with Crippen molar-refractivity contribution in [3.05, 3.63) is 70.4 Å². The van der Waals surface area contributed by atoms with Crippen LogP contribution in [0.15, 0.2) is 54.6 Å². The second-order valence-electron chi connectivity index (χ2n) is 7.64. The predicted molar refractivity (Wildman–Crippen MR) is 112 cm³/mol. The number of nitro benzene ring substituents is 1. The third-order valence-corrected chi connectivity index (χ3v) is 4.50. The van der Waals surface area contributed by atoms with Crippen LogP contribution in [0.3, 0.4) is 0 Å². The molecule has 156 valence electrons. The van der Waals surface area contributed by atoms with Gasteiger partial charge in [0.2, 0.25) is 0 Å². The molecule has 30 heavy (non-hydrogen) atoms. The van der Waals surface area contributed by atoms with Crippen LogP contribution in [0.2, 0.25) is 0 Å². The number of non-ortho nitro benzene ring substituents is 1. The fraction of sp³-hybridized carbons (Fsp3) is 0.238. The largest absolute Gasteiger partial charge is 0.497 e. The number of carboxylic acid groups (broad SMARTS) is 1. The minimum Gasteiger partial charge on any atom is -0.497 e. The number of hydrogen-bond acceptors (Lipinski definition) is 5. The van der Waals surface area contributed by atoms with Crippen molar-refractivity contribution in [1.29, 1.82) is 0 Å². The van der Waals surface area contributed by atoms with Crippen LogP contribution in [-0.2, 0) is 5.41 Å². The van der Waals surface area contributed by atoms with E-state index in [1.165, 1.54) is 28.9 Å². The molecule has 2 aromatic carbocycles. The summed E-state index contributed by atoms with van der Waals surface area (Å²) in [5.41, 5.74) is 1.11. The van der Waals surface area contributed by atoms with Gasteiger partial charge in [0.15, 0.2) is 0 Å². The van der Waals surface area contributed by atoms with Crippen molar-refractivity contribution in [3.63, 3.8) is 0 Å². The zero-order valence-electron chi connectivity index (χ0n) is 17.1. The Labute approximate surface area is 173 Å². The second kappa shape index (κ2) is 7.86. The Morgan fingerprint density at radius 1 is 1.17 bits per heavy atom. The van der Waals surface area contributed by atoms with Crippen molar-refractivity contribution < 1.29 is 19.6 Å². The number of nitrogens with zero attached hydrogens (tertiary/aromatic N) is 4. The molecular weight excluding hydrogens is 388 g/mol. The standard InChI is InChI=1S/C21H22N4O5/c1-21(2,3)18-13-19(24(22-18)16-6-5-7-17(12-16)30-4)23(20(26)27)14-8-10-15(11-9-14)25(28)29/h5-13H,1-4H3,(H,26,27). The smallest absolute Gasteiger partial charge is 0.417 e. The van der Waals surface area contributed by atoms with Gasteiger partial charge < -0.3 is 9.84 Å². The average molecular weight is 410 g/mol. The van der Waals surface area contributed by atoms with E-state index in [1.54, 1.807) is 37.4 Å². The van der Waals surface area contributed by atoms with Gasteiger partial charge in [-0.2, -0.15) is 5.10 Å². The Kier molecular flexibility index (Phi) is 5.46. The van der Waals surface area contributed by atoms with Crippen LogP contribution in [0.5, 0.6) is 5.75 Å². The normalized spacial score (nSPS) is 11.2. The molecule has 0 fully saturated rings. The minimum absolute atomic E-state index is 0.124. The molecule has 3 aromatic rings. The fourth-order valence-corrected chi connectivity index (χ4v) is 2.89. The van der Waals surface area contributed by atoms with E-state index in [9.17, 15) is 20.0 Å². The van der Waals surface area contributed by atoms with Crippen LogP contribution < -0.4 is 9.64 Å². The maximum Gasteiger partial charge on any atom is 0.417 e. The number of anilines is 2. The lowest BCUT2D eigenvalue weighted by Gasteiger charge is -2.20. The second-order valence-corrected chi connectivity index (χ2v) is 7.64. The van der Waals surface area contributed by atoms with Crippen molar-refractivity contribution in [2.75, 3.05) is 12.0 Å². The van der Waals surface area contributed by atoms with Gasteiger partial charge in [-0.3, -0.25) is 10.1 Å². The summed E-state index contributed by atoms with van der Waals surface area (Å²) in [7, 11) is 1.55. The first-order valence-electron chi connectivity index (χ1n) is 9.14. The van der Waals surface area contributed by atoms with E-state index in [4.69, 9.17) is 4.74 Å². The Hall–Kier alpha value is -3.88. The molecule has 1 aromatic heterocycles. The van der Waals surface area contributed by atoms with Crippen molar-refractivity contribution in [2.24, 2.45) is 0 Å². The molecule has 0 saturated heterocycles. The molecule has 0 atom stereocenters. The summed E-state index contributed by atoms with van der Waals surface area (Å²) in [6, 6.07) is 14.1. The summed E-state index contributed by atoms with van der Waals surface area (Å²) in [5.74, 6) is 0.887. The highest BCUT2D eigenvalue weighted by Crippen LogP contribution is 2.34. The first-order chi connectivity index (χ1) is 14.1. The number of rotatable bonds is 5. The molecule has 0 radical (unpaired) electrons. The van der Waals surface area contributed by atoms with Gasteiger partial charge >= 0.3 is 6.09 Å². The first kappa shape index (κ1) is 20.8. The van der Waals surface area contributed by atoms with E-state index in [0.717, 1.165) is 4.90 Å². The van der Waals surface area contributed by atoms with E-state index in [0.29, 0.717) is 17.1 Å². The molecule has 0 aliphatic heterocycles. The number of nitro groups is 1. The summed E-state index contributed by atoms with van der Waals surface area (Å²) >= 11 is 0. The van der Waals surface area contributed by atoms with Crippen molar-refractivity contribution in [3.8, 4) is 11.4 Å².